The smallest absolute Gasteiger partial charge is 0.337 e. The summed E-state index contributed by atoms with van der Waals surface area (Å²) in [5.41, 5.74) is 0.317. The lowest BCUT2D eigenvalue weighted by molar-refractivity contribution is -0.384. The largest absolute Gasteiger partial charge is 0.465 e. The number of esters is 1. The first-order valence-corrected chi connectivity index (χ1v) is 9.67. The number of nitrogens with one attached hydrogen (secondary N) is 1. The molecule has 0 spiro atoms. The van der Waals surface area contributed by atoms with Crippen molar-refractivity contribution in [2.24, 2.45) is 0 Å². The molecule has 0 radical (unpaired) electrons. The number of benzene rings is 2. The number of ether oxygens (including phenoxy) is 1. The highest BCUT2D eigenvalue weighted by Crippen LogP contribution is 2.23. The van der Waals surface area contributed by atoms with Crippen molar-refractivity contribution in [3.63, 3.8) is 0 Å². The first-order chi connectivity index (χ1) is 13.1. The van der Waals surface area contributed by atoms with Gasteiger partial charge in [0, 0.05) is 17.8 Å². The van der Waals surface area contributed by atoms with Crippen molar-refractivity contribution >= 4 is 39.0 Å². The molecule has 2 rings (SSSR count). The van der Waals surface area contributed by atoms with E-state index in [1.54, 1.807) is 0 Å². The Kier molecular flexibility index (Phi) is 6.31. The number of hydrogen-bond donors (Lipinski definition) is 1. The number of sulfonamides is 1. The van der Waals surface area contributed by atoms with Gasteiger partial charge in [-0.25, -0.2) is 13.2 Å². The molecule has 11 heteroatoms. The summed E-state index contributed by atoms with van der Waals surface area (Å²) < 4.78 is 29.5. The Balaban J connectivity index is 2.19. The zero-order valence-electron chi connectivity index (χ0n) is 15.0. The van der Waals surface area contributed by atoms with E-state index in [4.69, 9.17) is 0 Å². The van der Waals surface area contributed by atoms with Gasteiger partial charge >= 0.3 is 5.97 Å². The van der Waals surface area contributed by atoms with Gasteiger partial charge in [0.2, 0.25) is 15.9 Å². The minimum Gasteiger partial charge on any atom is -0.465 e. The molecule has 0 aliphatic rings. The number of hydrogen-bond acceptors (Lipinski definition) is 7. The van der Waals surface area contributed by atoms with Crippen molar-refractivity contribution in [3.05, 3.63) is 64.2 Å². The van der Waals surface area contributed by atoms with E-state index in [0.29, 0.717) is 5.69 Å². The molecule has 2 aromatic rings. The second-order valence-electron chi connectivity index (χ2n) is 5.66. The molecule has 1 N–H and O–H groups in total. The van der Waals surface area contributed by atoms with Crippen molar-refractivity contribution in [2.45, 2.75) is 0 Å². The van der Waals surface area contributed by atoms with Crippen LogP contribution in [-0.4, -0.2) is 45.1 Å². The standard InChI is InChI=1S/C17H17N3O7S/c1-27-17(22)12-6-8-13(9-7-12)18-16(21)11-19(28(2,25)26)14-4-3-5-15(10-14)20(23)24/h3-10H,11H2,1-2H3,(H,18,21). The van der Waals surface area contributed by atoms with Crippen molar-refractivity contribution in [1.82, 2.24) is 0 Å². The summed E-state index contributed by atoms with van der Waals surface area (Å²) in [6.07, 6.45) is 0.893. The molecular weight excluding hydrogens is 390 g/mol. The van der Waals surface area contributed by atoms with E-state index >= 15 is 0 Å². The van der Waals surface area contributed by atoms with E-state index in [9.17, 15) is 28.1 Å². The predicted molar refractivity (Wildman–Crippen MR) is 102 cm³/mol. The van der Waals surface area contributed by atoms with Crippen LogP contribution in [0.2, 0.25) is 0 Å². The fourth-order valence-electron chi connectivity index (χ4n) is 2.30. The fourth-order valence-corrected chi connectivity index (χ4v) is 3.15. The molecule has 0 saturated carbocycles. The third-order valence-electron chi connectivity index (χ3n) is 3.61. The van der Waals surface area contributed by atoms with Gasteiger partial charge in [0.15, 0.2) is 0 Å². The Morgan fingerprint density at radius 2 is 1.82 bits per heavy atom. The number of methoxy groups -OCH3 is 1. The van der Waals surface area contributed by atoms with E-state index in [2.05, 4.69) is 10.1 Å². The van der Waals surface area contributed by atoms with Crippen LogP contribution in [0.1, 0.15) is 10.4 Å². The van der Waals surface area contributed by atoms with Gasteiger partial charge in [-0.2, -0.15) is 0 Å². The number of carbonyl (C=O) groups is 2. The molecule has 0 aromatic heterocycles. The van der Waals surface area contributed by atoms with Crippen LogP contribution in [-0.2, 0) is 19.6 Å². The highest BCUT2D eigenvalue weighted by Gasteiger charge is 2.22. The lowest BCUT2D eigenvalue weighted by Gasteiger charge is -2.21. The van der Waals surface area contributed by atoms with E-state index in [-0.39, 0.29) is 16.9 Å². The van der Waals surface area contributed by atoms with Gasteiger partial charge in [-0.3, -0.25) is 19.2 Å². The number of nitro groups is 1. The Bertz CT molecular complexity index is 1000. The Morgan fingerprint density at radius 3 is 2.36 bits per heavy atom. The lowest BCUT2D eigenvalue weighted by Crippen LogP contribution is -2.37. The topological polar surface area (TPSA) is 136 Å². The number of non-ortho nitro benzene ring substituents is 1. The van der Waals surface area contributed by atoms with Crippen LogP contribution in [0.4, 0.5) is 17.1 Å². The van der Waals surface area contributed by atoms with Crippen LogP contribution in [0.15, 0.2) is 48.5 Å². The Labute approximate surface area is 160 Å². The van der Waals surface area contributed by atoms with Crippen LogP contribution in [0.25, 0.3) is 0 Å². The van der Waals surface area contributed by atoms with Gasteiger partial charge in [-0.05, 0) is 30.3 Å². The van der Waals surface area contributed by atoms with E-state index < -0.39 is 33.4 Å². The molecule has 1 amide bonds. The van der Waals surface area contributed by atoms with Gasteiger partial charge in [-0.1, -0.05) is 6.07 Å². The highest BCUT2D eigenvalue weighted by molar-refractivity contribution is 7.92. The molecule has 148 valence electrons. The molecular formula is C17H17N3O7S. The molecule has 0 fully saturated rings. The van der Waals surface area contributed by atoms with Crippen molar-refractivity contribution < 1.29 is 27.7 Å². The maximum atomic E-state index is 12.3. The van der Waals surface area contributed by atoms with Gasteiger partial charge in [0.05, 0.1) is 29.5 Å². The first kappa shape index (κ1) is 20.8. The normalized spacial score (nSPS) is 10.8. The maximum absolute atomic E-state index is 12.3. The number of carbonyl (C=O) groups excluding carboxylic acids is 2. The van der Waals surface area contributed by atoms with Crippen LogP contribution >= 0.6 is 0 Å². The summed E-state index contributed by atoms with van der Waals surface area (Å²) in [5.74, 6) is -1.20. The minimum absolute atomic E-state index is 0.00658. The van der Waals surface area contributed by atoms with Gasteiger partial charge < -0.3 is 10.1 Å². The summed E-state index contributed by atoms with van der Waals surface area (Å²) in [6, 6.07) is 10.8. The third kappa shape index (κ3) is 5.27. The van der Waals surface area contributed by atoms with E-state index in [1.807, 2.05) is 0 Å². The third-order valence-corrected chi connectivity index (χ3v) is 4.75. The van der Waals surface area contributed by atoms with E-state index in [1.165, 1.54) is 49.6 Å². The van der Waals surface area contributed by atoms with Gasteiger partial charge in [0.25, 0.3) is 5.69 Å². The SMILES string of the molecule is COC(=O)c1ccc(NC(=O)CN(c2cccc([N+](=O)[O-])c2)S(C)(=O)=O)cc1. The van der Waals surface area contributed by atoms with E-state index in [0.717, 1.165) is 16.6 Å². The Morgan fingerprint density at radius 1 is 1.18 bits per heavy atom. The van der Waals surface area contributed by atoms with Gasteiger partial charge in [0.1, 0.15) is 6.54 Å². The summed E-state index contributed by atoms with van der Waals surface area (Å²) in [5, 5.41) is 13.4. The van der Waals surface area contributed by atoms with Crippen LogP contribution in [0, 0.1) is 10.1 Å². The second-order valence-corrected chi connectivity index (χ2v) is 7.57. The van der Waals surface area contributed by atoms with Crippen LogP contribution in [0.3, 0.4) is 0 Å². The fraction of sp³-hybridized carbons (Fsp3) is 0.176. The van der Waals surface area contributed by atoms with Crippen molar-refractivity contribution in [3.8, 4) is 0 Å². The predicted octanol–water partition coefficient (Wildman–Crippen LogP) is 1.79. The molecule has 0 aliphatic carbocycles. The van der Waals surface area contributed by atoms with Crippen molar-refractivity contribution in [1.29, 1.82) is 0 Å². The molecule has 0 atom stereocenters. The minimum atomic E-state index is -3.88. The molecule has 0 unspecified atom stereocenters. The number of anilines is 2. The molecule has 0 saturated heterocycles. The molecule has 0 aliphatic heterocycles. The van der Waals surface area contributed by atoms with Crippen molar-refractivity contribution in [2.75, 3.05) is 29.5 Å². The number of nitrogens with zero attached hydrogens (tertiary/aromatic N) is 2. The summed E-state index contributed by atoms with van der Waals surface area (Å²) in [7, 11) is -2.64. The quantitative estimate of drug-likeness (QED) is 0.420. The monoisotopic (exact) mass is 407 g/mol. The molecule has 0 bridgehead atoms. The molecule has 0 heterocycles. The number of nitro benzene ring substituents is 1. The molecule has 28 heavy (non-hydrogen) atoms. The highest BCUT2D eigenvalue weighted by atomic mass is 32.2. The second kappa shape index (κ2) is 8.48. The number of amides is 1. The zero-order valence-corrected chi connectivity index (χ0v) is 15.8. The zero-order chi connectivity index (χ0) is 20.9. The molecule has 2 aromatic carbocycles. The average molecular weight is 407 g/mol. The average Bonchev–Trinajstić information content (AvgIpc) is 2.65. The van der Waals surface area contributed by atoms with Crippen LogP contribution < -0.4 is 9.62 Å². The number of rotatable bonds is 7. The van der Waals surface area contributed by atoms with Crippen LogP contribution in [0.5, 0.6) is 0 Å². The first-order valence-electron chi connectivity index (χ1n) is 7.82. The van der Waals surface area contributed by atoms with Gasteiger partial charge in [-0.15, -0.1) is 0 Å². The lowest BCUT2D eigenvalue weighted by atomic mass is 10.2. The summed E-state index contributed by atoms with van der Waals surface area (Å²) in [4.78, 5) is 33.9. The maximum Gasteiger partial charge on any atom is 0.337 e. The Hall–Kier alpha value is -3.47. The molecule has 10 nitrogen and oxygen atoms in total. The summed E-state index contributed by atoms with van der Waals surface area (Å²) >= 11 is 0. The summed E-state index contributed by atoms with van der Waals surface area (Å²) in [6.45, 7) is -0.585.